The standard InChI is InChI=1S/C18H31NO3/c1-2-3-4-12-15-18(19(21)22)16-13-10-8-6-5-7-9-11-14-17-20/h10,13,15,17H,2-9,11-12,14,16H2,1H3/b13-10-,18-15+. The predicted octanol–water partition coefficient (Wildman–Crippen LogP) is 5.60. The van der Waals surface area contributed by atoms with Gasteiger partial charge in [-0.15, -0.1) is 0 Å². The Morgan fingerprint density at radius 3 is 2.18 bits per heavy atom. The number of carbonyl (C=O) groups excluding carboxylic acids is 1. The largest absolute Gasteiger partial charge is 0.303 e. The highest BCUT2D eigenvalue weighted by atomic mass is 16.6. The van der Waals surface area contributed by atoms with Gasteiger partial charge in [0.15, 0.2) is 0 Å². The summed E-state index contributed by atoms with van der Waals surface area (Å²) >= 11 is 0. The summed E-state index contributed by atoms with van der Waals surface area (Å²) in [7, 11) is 0. The maximum absolute atomic E-state index is 10.9. The zero-order chi connectivity index (χ0) is 16.5. The molecular weight excluding hydrogens is 278 g/mol. The molecule has 0 aliphatic rings. The summed E-state index contributed by atoms with van der Waals surface area (Å²) < 4.78 is 0. The van der Waals surface area contributed by atoms with E-state index < -0.39 is 0 Å². The van der Waals surface area contributed by atoms with Crippen LogP contribution in [0.5, 0.6) is 0 Å². The first-order valence-corrected chi connectivity index (χ1v) is 8.64. The zero-order valence-electron chi connectivity index (χ0n) is 14.0. The quantitative estimate of drug-likeness (QED) is 0.130. The second-order valence-electron chi connectivity index (χ2n) is 5.64. The Balaban J connectivity index is 3.73. The van der Waals surface area contributed by atoms with Crippen molar-refractivity contribution in [3.63, 3.8) is 0 Å². The van der Waals surface area contributed by atoms with E-state index in [0.29, 0.717) is 18.5 Å². The maximum Gasteiger partial charge on any atom is 0.246 e. The van der Waals surface area contributed by atoms with E-state index in [1.807, 2.05) is 6.08 Å². The van der Waals surface area contributed by atoms with Crippen LogP contribution in [-0.2, 0) is 4.79 Å². The third-order valence-electron chi connectivity index (χ3n) is 3.61. The fourth-order valence-corrected chi connectivity index (χ4v) is 2.24. The second-order valence-corrected chi connectivity index (χ2v) is 5.64. The highest BCUT2D eigenvalue weighted by Gasteiger charge is 2.06. The first-order chi connectivity index (χ1) is 10.7. The van der Waals surface area contributed by atoms with Crippen LogP contribution < -0.4 is 0 Å². The van der Waals surface area contributed by atoms with Crippen molar-refractivity contribution < 1.29 is 9.72 Å². The van der Waals surface area contributed by atoms with E-state index in [2.05, 4.69) is 13.0 Å². The van der Waals surface area contributed by atoms with Crippen LogP contribution in [0.2, 0.25) is 0 Å². The van der Waals surface area contributed by atoms with E-state index >= 15 is 0 Å². The van der Waals surface area contributed by atoms with E-state index in [9.17, 15) is 14.9 Å². The molecule has 0 heterocycles. The topological polar surface area (TPSA) is 60.2 Å². The van der Waals surface area contributed by atoms with Crippen LogP contribution >= 0.6 is 0 Å². The molecule has 0 bridgehead atoms. The summed E-state index contributed by atoms with van der Waals surface area (Å²) in [5, 5.41) is 10.9. The van der Waals surface area contributed by atoms with Crippen molar-refractivity contribution in [3.05, 3.63) is 34.0 Å². The molecule has 22 heavy (non-hydrogen) atoms. The minimum absolute atomic E-state index is 0.261. The third-order valence-corrected chi connectivity index (χ3v) is 3.61. The minimum Gasteiger partial charge on any atom is -0.303 e. The van der Waals surface area contributed by atoms with Gasteiger partial charge in [-0.1, -0.05) is 51.2 Å². The molecule has 0 aliphatic heterocycles. The smallest absolute Gasteiger partial charge is 0.246 e. The van der Waals surface area contributed by atoms with Gasteiger partial charge in [0.25, 0.3) is 0 Å². The Kier molecular flexibility index (Phi) is 14.9. The molecule has 0 saturated heterocycles. The molecule has 4 heteroatoms. The number of aldehydes is 1. The Bertz CT molecular complexity index is 348. The molecule has 4 nitrogen and oxygen atoms in total. The lowest BCUT2D eigenvalue weighted by atomic mass is 10.1. The average molecular weight is 309 g/mol. The molecule has 0 radical (unpaired) electrons. The second kappa shape index (κ2) is 15.9. The van der Waals surface area contributed by atoms with Gasteiger partial charge in [-0.25, -0.2) is 0 Å². The molecule has 0 aromatic rings. The Labute approximate surface area is 134 Å². The van der Waals surface area contributed by atoms with Crippen molar-refractivity contribution in [2.45, 2.75) is 84.0 Å². The molecule has 0 aromatic heterocycles. The lowest BCUT2D eigenvalue weighted by Gasteiger charge is -1.98. The summed E-state index contributed by atoms with van der Waals surface area (Å²) in [6, 6.07) is 0. The van der Waals surface area contributed by atoms with Gasteiger partial charge in [0.05, 0.1) is 11.3 Å². The fourth-order valence-electron chi connectivity index (χ4n) is 2.24. The number of rotatable bonds is 15. The van der Waals surface area contributed by atoms with E-state index in [1.165, 1.54) is 6.42 Å². The maximum atomic E-state index is 10.9. The van der Waals surface area contributed by atoms with Gasteiger partial charge in [-0.2, -0.15) is 0 Å². The molecule has 0 aromatic carbocycles. The van der Waals surface area contributed by atoms with Crippen LogP contribution in [0.1, 0.15) is 84.0 Å². The van der Waals surface area contributed by atoms with Crippen LogP contribution in [0.3, 0.4) is 0 Å². The lowest BCUT2D eigenvalue weighted by Crippen LogP contribution is -1.97. The van der Waals surface area contributed by atoms with Crippen molar-refractivity contribution >= 4 is 6.29 Å². The van der Waals surface area contributed by atoms with Gasteiger partial charge in [0.2, 0.25) is 5.70 Å². The van der Waals surface area contributed by atoms with Crippen LogP contribution in [0.4, 0.5) is 0 Å². The number of hydrogen-bond donors (Lipinski definition) is 0. The Hall–Kier alpha value is -1.45. The first kappa shape index (κ1) is 20.6. The van der Waals surface area contributed by atoms with E-state index in [4.69, 9.17) is 0 Å². The molecule has 0 N–H and O–H groups in total. The van der Waals surface area contributed by atoms with Crippen molar-refractivity contribution in [3.8, 4) is 0 Å². The number of hydrogen-bond acceptors (Lipinski definition) is 3. The van der Waals surface area contributed by atoms with Crippen molar-refractivity contribution in [2.24, 2.45) is 0 Å². The summed E-state index contributed by atoms with van der Waals surface area (Å²) in [6.07, 6.45) is 18.5. The number of carbonyl (C=O) groups is 1. The number of nitro groups is 1. The highest BCUT2D eigenvalue weighted by molar-refractivity contribution is 5.48. The molecule has 0 atom stereocenters. The van der Waals surface area contributed by atoms with Gasteiger partial charge in [0.1, 0.15) is 6.29 Å². The lowest BCUT2D eigenvalue weighted by molar-refractivity contribution is -0.427. The summed E-state index contributed by atoms with van der Waals surface area (Å²) in [5.41, 5.74) is 0.321. The Morgan fingerprint density at radius 2 is 1.55 bits per heavy atom. The molecule has 0 unspecified atom stereocenters. The summed E-state index contributed by atoms with van der Waals surface area (Å²) in [6.45, 7) is 2.13. The van der Waals surface area contributed by atoms with E-state index in [-0.39, 0.29) is 4.92 Å². The van der Waals surface area contributed by atoms with Gasteiger partial charge < -0.3 is 4.79 Å². The summed E-state index contributed by atoms with van der Waals surface area (Å²) in [4.78, 5) is 20.8. The SMILES string of the molecule is CCCCC/C=C(\C/C=C\CCCCCCCC=O)[N+](=O)[O-]. The van der Waals surface area contributed by atoms with Gasteiger partial charge in [-0.05, 0) is 38.2 Å². The van der Waals surface area contributed by atoms with Crippen molar-refractivity contribution in [2.75, 3.05) is 0 Å². The molecule has 0 fully saturated rings. The monoisotopic (exact) mass is 309 g/mol. The molecule has 0 saturated carbocycles. The van der Waals surface area contributed by atoms with Crippen LogP contribution in [-0.4, -0.2) is 11.2 Å². The minimum atomic E-state index is -0.261. The van der Waals surface area contributed by atoms with Crippen LogP contribution in [0, 0.1) is 10.1 Å². The number of unbranched alkanes of at least 4 members (excludes halogenated alkanes) is 9. The highest BCUT2D eigenvalue weighted by Crippen LogP contribution is 2.10. The third kappa shape index (κ3) is 13.5. The molecule has 126 valence electrons. The van der Waals surface area contributed by atoms with E-state index in [0.717, 1.165) is 64.1 Å². The van der Waals surface area contributed by atoms with Crippen molar-refractivity contribution in [1.82, 2.24) is 0 Å². The number of nitrogens with zero attached hydrogens (tertiary/aromatic N) is 1. The predicted molar refractivity (Wildman–Crippen MR) is 91.4 cm³/mol. The van der Waals surface area contributed by atoms with E-state index in [1.54, 1.807) is 6.08 Å². The average Bonchev–Trinajstić information content (AvgIpc) is 2.50. The normalized spacial score (nSPS) is 12.0. The summed E-state index contributed by atoms with van der Waals surface area (Å²) in [5.74, 6) is 0. The molecule has 0 rings (SSSR count). The zero-order valence-corrected chi connectivity index (χ0v) is 14.0. The first-order valence-electron chi connectivity index (χ1n) is 8.64. The van der Waals surface area contributed by atoms with Gasteiger partial charge >= 0.3 is 0 Å². The fraction of sp³-hybridized carbons (Fsp3) is 0.722. The van der Waals surface area contributed by atoms with Gasteiger partial charge in [0, 0.05) is 6.42 Å². The number of allylic oxidation sites excluding steroid dienone is 3. The molecular formula is C18H31NO3. The molecule has 0 aliphatic carbocycles. The van der Waals surface area contributed by atoms with Crippen molar-refractivity contribution in [1.29, 1.82) is 0 Å². The van der Waals surface area contributed by atoms with Gasteiger partial charge in [-0.3, -0.25) is 10.1 Å². The van der Waals surface area contributed by atoms with Crippen LogP contribution in [0.15, 0.2) is 23.9 Å². The Morgan fingerprint density at radius 1 is 0.909 bits per heavy atom. The molecule has 0 spiro atoms. The van der Waals surface area contributed by atoms with Crippen LogP contribution in [0.25, 0.3) is 0 Å². The molecule has 0 amide bonds.